The van der Waals surface area contributed by atoms with Gasteiger partial charge in [-0.25, -0.2) is 9.59 Å². The van der Waals surface area contributed by atoms with Crippen molar-refractivity contribution >= 4 is 28.5 Å². The molecule has 4 aromatic rings. The summed E-state index contributed by atoms with van der Waals surface area (Å²) in [5.41, 5.74) is 2.02. The molecule has 2 aromatic heterocycles. The molecule has 0 aliphatic carbocycles. The number of carboxylic acid groups (broad SMARTS) is 1. The molecular weight excluding hydrogens is 424 g/mol. The molecule has 33 heavy (non-hydrogen) atoms. The summed E-state index contributed by atoms with van der Waals surface area (Å²) in [5.74, 6) is 0.165. The molecule has 0 aliphatic heterocycles. The van der Waals surface area contributed by atoms with E-state index in [1.54, 1.807) is 36.8 Å². The summed E-state index contributed by atoms with van der Waals surface area (Å²) in [7, 11) is 3.16. The molecule has 0 atom stereocenters. The zero-order valence-corrected chi connectivity index (χ0v) is 18.6. The summed E-state index contributed by atoms with van der Waals surface area (Å²) in [6.07, 6.45) is 1.04. The monoisotopic (exact) mass is 448 g/mol. The van der Waals surface area contributed by atoms with Gasteiger partial charge in [-0.05, 0) is 30.7 Å². The van der Waals surface area contributed by atoms with Crippen molar-refractivity contribution in [1.29, 1.82) is 0 Å². The highest BCUT2D eigenvalue weighted by molar-refractivity contribution is 6.12. The molecule has 4 rings (SSSR count). The standard InChI is InChI=1S/C25H24N2O6/c1-4-31-17-9-7-8-16(12-17)15-32-21-13-18(33-25(30)26(2)3)14-27-20-11-6-5-10-19(20)22(23(21)27)24(28)29/h5-14H,4,15H2,1-3H3,(H,28,29). The number of carbonyl (C=O) groups is 2. The lowest BCUT2D eigenvalue weighted by molar-refractivity contribution is 0.0700. The fourth-order valence-corrected chi connectivity index (χ4v) is 3.63. The van der Waals surface area contributed by atoms with E-state index in [1.165, 1.54) is 11.0 Å². The number of aromatic carboxylic acids is 1. The topological polar surface area (TPSA) is 89.7 Å². The van der Waals surface area contributed by atoms with Crippen molar-refractivity contribution in [3.63, 3.8) is 0 Å². The second kappa shape index (κ2) is 9.12. The third kappa shape index (κ3) is 4.41. The quantitative estimate of drug-likeness (QED) is 0.436. The van der Waals surface area contributed by atoms with Crippen LogP contribution in [0.15, 0.2) is 60.8 Å². The number of hydrogen-bond acceptors (Lipinski definition) is 5. The molecule has 8 heteroatoms. The van der Waals surface area contributed by atoms with Gasteiger partial charge in [0.25, 0.3) is 0 Å². The summed E-state index contributed by atoms with van der Waals surface area (Å²) >= 11 is 0. The van der Waals surface area contributed by atoms with Gasteiger partial charge in [0.1, 0.15) is 23.6 Å². The highest BCUT2D eigenvalue weighted by Crippen LogP contribution is 2.36. The molecule has 2 aromatic carbocycles. The minimum Gasteiger partial charge on any atom is -0.494 e. The van der Waals surface area contributed by atoms with Crippen molar-refractivity contribution in [3.05, 3.63) is 71.9 Å². The highest BCUT2D eigenvalue weighted by atomic mass is 16.6. The molecule has 0 radical (unpaired) electrons. The Morgan fingerprint density at radius 1 is 1.00 bits per heavy atom. The van der Waals surface area contributed by atoms with E-state index in [0.717, 1.165) is 11.3 Å². The summed E-state index contributed by atoms with van der Waals surface area (Å²) in [5, 5.41) is 10.5. The molecule has 0 fully saturated rings. The van der Waals surface area contributed by atoms with Gasteiger partial charge >= 0.3 is 12.1 Å². The Bertz CT molecular complexity index is 1340. The molecule has 0 unspecified atom stereocenters. The van der Waals surface area contributed by atoms with Gasteiger partial charge in [0, 0.05) is 25.5 Å². The van der Waals surface area contributed by atoms with Gasteiger partial charge < -0.3 is 28.6 Å². The first-order valence-electron chi connectivity index (χ1n) is 10.4. The van der Waals surface area contributed by atoms with Crippen LogP contribution in [0.3, 0.4) is 0 Å². The van der Waals surface area contributed by atoms with Gasteiger partial charge in [-0.15, -0.1) is 0 Å². The van der Waals surface area contributed by atoms with E-state index < -0.39 is 12.1 Å². The van der Waals surface area contributed by atoms with E-state index in [2.05, 4.69) is 0 Å². The first-order chi connectivity index (χ1) is 15.9. The Labute approximate surface area is 190 Å². The van der Waals surface area contributed by atoms with Crippen LogP contribution in [0.2, 0.25) is 0 Å². The van der Waals surface area contributed by atoms with Gasteiger partial charge in [-0.3, -0.25) is 0 Å². The number of para-hydroxylation sites is 1. The van der Waals surface area contributed by atoms with Gasteiger partial charge in [-0.1, -0.05) is 30.3 Å². The molecule has 1 N–H and O–H groups in total. The average Bonchev–Trinajstić information content (AvgIpc) is 3.13. The molecule has 8 nitrogen and oxygen atoms in total. The fourth-order valence-electron chi connectivity index (χ4n) is 3.63. The number of pyridine rings is 1. The van der Waals surface area contributed by atoms with Crippen molar-refractivity contribution in [2.24, 2.45) is 0 Å². The van der Waals surface area contributed by atoms with Crippen molar-refractivity contribution in [1.82, 2.24) is 9.30 Å². The Morgan fingerprint density at radius 3 is 2.52 bits per heavy atom. The predicted octanol–water partition coefficient (Wildman–Crippen LogP) is 4.83. The minimum atomic E-state index is -1.07. The van der Waals surface area contributed by atoms with Crippen LogP contribution in [-0.4, -0.2) is 47.2 Å². The van der Waals surface area contributed by atoms with Gasteiger partial charge in [0.2, 0.25) is 0 Å². The van der Waals surface area contributed by atoms with E-state index >= 15 is 0 Å². The lowest BCUT2D eigenvalue weighted by atomic mass is 10.1. The zero-order chi connectivity index (χ0) is 23.5. The number of nitrogens with zero attached hydrogens (tertiary/aromatic N) is 2. The SMILES string of the molecule is CCOc1cccc(COc2cc(OC(=O)N(C)C)cn3c2c(C(=O)O)c2ccccc23)c1. The summed E-state index contributed by atoms with van der Waals surface area (Å²) in [6, 6.07) is 16.2. The number of hydrogen-bond donors (Lipinski definition) is 1. The van der Waals surface area contributed by atoms with Crippen LogP contribution in [0, 0.1) is 0 Å². The molecule has 170 valence electrons. The zero-order valence-electron chi connectivity index (χ0n) is 18.6. The minimum absolute atomic E-state index is 0.120. The maximum absolute atomic E-state index is 12.2. The van der Waals surface area contributed by atoms with Crippen LogP contribution in [0.25, 0.3) is 16.4 Å². The second-order valence-electron chi connectivity index (χ2n) is 7.59. The Balaban J connectivity index is 1.84. The Kier molecular flexibility index (Phi) is 6.08. The number of carboxylic acids is 1. The van der Waals surface area contributed by atoms with Crippen LogP contribution in [0.4, 0.5) is 4.79 Å². The van der Waals surface area contributed by atoms with Crippen LogP contribution in [0.5, 0.6) is 17.2 Å². The molecular formula is C25H24N2O6. The normalized spacial score (nSPS) is 10.9. The predicted molar refractivity (Wildman–Crippen MR) is 124 cm³/mol. The van der Waals surface area contributed by atoms with Crippen LogP contribution in [-0.2, 0) is 6.61 Å². The lowest BCUT2D eigenvalue weighted by Gasteiger charge is -2.14. The number of carbonyl (C=O) groups excluding carboxylic acids is 1. The first kappa shape index (κ1) is 22.0. The van der Waals surface area contributed by atoms with Crippen LogP contribution >= 0.6 is 0 Å². The largest absolute Gasteiger partial charge is 0.494 e. The maximum Gasteiger partial charge on any atom is 0.414 e. The summed E-state index contributed by atoms with van der Waals surface area (Å²) in [6.45, 7) is 2.62. The van der Waals surface area contributed by atoms with E-state index in [9.17, 15) is 14.7 Å². The van der Waals surface area contributed by atoms with Gasteiger partial charge in [0.05, 0.1) is 23.9 Å². The van der Waals surface area contributed by atoms with E-state index in [-0.39, 0.29) is 23.7 Å². The van der Waals surface area contributed by atoms with Crippen LogP contribution < -0.4 is 14.2 Å². The van der Waals surface area contributed by atoms with E-state index in [0.29, 0.717) is 23.0 Å². The Hall–Kier alpha value is -4.20. The molecule has 2 heterocycles. The van der Waals surface area contributed by atoms with E-state index in [1.807, 2.05) is 43.3 Å². The van der Waals surface area contributed by atoms with E-state index in [4.69, 9.17) is 14.2 Å². The molecule has 0 saturated carbocycles. The number of aromatic nitrogens is 1. The van der Waals surface area contributed by atoms with Crippen molar-refractivity contribution in [2.75, 3.05) is 20.7 Å². The highest BCUT2D eigenvalue weighted by Gasteiger charge is 2.23. The molecule has 1 amide bonds. The van der Waals surface area contributed by atoms with Crippen molar-refractivity contribution in [3.8, 4) is 17.2 Å². The number of rotatable bonds is 7. The molecule has 0 bridgehead atoms. The summed E-state index contributed by atoms with van der Waals surface area (Å²) < 4.78 is 18.8. The average molecular weight is 448 g/mol. The number of amides is 1. The number of benzene rings is 2. The lowest BCUT2D eigenvalue weighted by Crippen LogP contribution is -2.25. The second-order valence-corrected chi connectivity index (χ2v) is 7.59. The smallest absolute Gasteiger partial charge is 0.414 e. The molecule has 0 spiro atoms. The molecule has 0 aliphatic rings. The van der Waals surface area contributed by atoms with Crippen LogP contribution in [0.1, 0.15) is 22.8 Å². The maximum atomic E-state index is 12.2. The third-order valence-electron chi connectivity index (χ3n) is 5.06. The van der Waals surface area contributed by atoms with Crippen molar-refractivity contribution < 1.29 is 28.9 Å². The fraction of sp³-hybridized carbons (Fsp3) is 0.200. The summed E-state index contributed by atoms with van der Waals surface area (Å²) in [4.78, 5) is 25.7. The Morgan fingerprint density at radius 2 is 1.79 bits per heavy atom. The third-order valence-corrected chi connectivity index (χ3v) is 5.06. The van der Waals surface area contributed by atoms with Gasteiger partial charge in [0.15, 0.2) is 5.75 Å². The van der Waals surface area contributed by atoms with Gasteiger partial charge in [-0.2, -0.15) is 0 Å². The first-order valence-corrected chi connectivity index (χ1v) is 10.4. The number of ether oxygens (including phenoxy) is 3. The number of fused-ring (bicyclic) bond motifs is 3. The molecule has 0 saturated heterocycles. The van der Waals surface area contributed by atoms with Crippen molar-refractivity contribution in [2.45, 2.75) is 13.5 Å².